The second kappa shape index (κ2) is 7.29. The van der Waals surface area contributed by atoms with Gasteiger partial charge in [0.25, 0.3) is 0 Å². The fourth-order valence-corrected chi connectivity index (χ4v) is 8.04. The Morgan fingerprint density at radius 1 is 0.481 bits per heavy atom. The first-order valence-electron chi connectivity index (χ1n) is 9.94. The molecular formula is C26H24P+. The zero-order valence-corrected chi connectivity index (χ0v) is 16.5. The Balaban J connectivity index is 1.78. The third-order valence-corrected chi connectivity index (χ3v) is 8.85. The molecule has 1 aliphatic heterocycles. The number of rotatable bonds is 3. The summed E-state index contributed by atoms with van der Waals surface area (Å²) < 4.78 is 0. The van der Waals surface area contributed by atoms with E-state index in [-0.39, 0.29) is 0 Å². The summed E-state index contributed by atoms with van der Waals surface area (Å²) in [7, 11) is -0.992. The van der Waals surface area contributed by atoms with Gasteiger partial charge in [0.05, 0.1) is 0 Å². The van der Waals surface area contributed by atoms with Crippen LogP contribution >= 0.6 is 7.92 Å². The molecule has 0 radical (unpaired) electrons. The van der Waals surface area contributed by atoms with Crippen molar-refractivity contribution in [2.45, 2.75) is 25.7 Å². The van der Waals surface area contributed by atoms with Crippen molar-refractivity contribution in [3.63, 3.8) is 0 Å². The lowest BCUT2D eigenvalue weighted by molar-refractivity contribution is 0.685. The number of allylic oxidation sites excluding steroid dienone is 2. The normalized spacial score (nSPS) is 17.3. The second-order valence-electron chi connectivity index (χ2n) is 7.39. The van der Waals surface area contributed by atoms with Crippen LogP contribution in [0.5, 0.6) is 0 Å². The first-order chi connectivity index (χ1) is 13.4. The third kappa shape index (κ3) is 2.99. The maximum Gasteiger partial charge on any atom is 0.113 e. The van der Waals surface area contributed by atoms with Gasteiger partial charge in [0.1, 0.15) is 23.9 Å². The van der Waals surface area contributed by atoms with Crippen LogP contribution in [0, 0.1) is 0 Å². The van der Waals surface area contributed by atoms with Crippen LogP contribution in [0.2, 0.25) is 0 Å². The van der Waals surface area contributed by atoms with Gasteiger partial charge < -0.3 is 0 Å². The average Bonchev–Trinajstić information content (AvgIpc) is 3.11. The zero-order chi connectivity index (χ0) is 18.1. The van der Waals surface area contributed by atoms with E-state index in [1.165, 1.54) is 42.1 Å². The number of hydrogen-bond acceptors (Lipinski definition) is 0. The van der Waals surface area contributed by atoms with Gasteiger partial charge in [0, 0.05) is 22.3 Å². The Kier molecular flexibility index (Phi) is 4.52. The Labute approximate surface area is 163 Å². The van der Waals surface area contributed by atoms with E-state index in [1.807, 2.05) is 0 Å². The van der Waals surface area contributed by atoms with Gasteiger partial charge in [-0.05, 0) is 37.8 Å². The quantitative estimate of drug-likeness (QED) is 0.440. The summed E-state index contributed by atoms with van der Waals surface area (Å²) in [6.45, 7) is 0. The van der Waals surface area contributed by atoms with Gasteiger partial charge in [-0.2, -0.15) is 0 Å². The van der Waals surface area contributed by atoms with Crippen LogP contribution in [-0.4, -0.2) is 0 Å². The predicted octanol–water partition coefficient (Wildman–Crippen LogP) is 6.94. The largest absolute Gasteiger partial charge is 0.113 e. The van der Waals surface area contributed by atoms with Gasteiger partial charge in [0.2, 0.25) is 0 Å². The van der Waals surface area contributed by atoms with Crippen LogP contribution in [0.3, 0.4) is 0 Å². The Morgan fingerprint density at radius 2 is 0.889 bits per heavy atom. The van der Waals surface area contributed by atoms with E-state index in [9.17, 15) is 0 Å². The predicted molar refractivity (Wildman–Crippen MR) is 120 cm³/mol. The molecule has 0 atom stereocenters. The van der Waals surface area contributed by atoms with Gasteiger partial charge >= 0.3 is 0 Å². The van der Waals surface area contributed by atoms with Crippen LogP contribution < -0.4 is 5.30 Å². The summed E-state index contributed by atoms with van der Waals surface area (Å²) in [6.07, 6.45) is 5.11. The molecule has 1 fully saturated rings. The van der Waals surface area contributed by atoms with Gasteiger partial charge in [-0.3, -0.25) is 0 Å². The van der Waals surface area contributed by atoms with Gasteiger partial charge in [0.15, 0.2) is 0 Å². The van der Waals surface area contributed by atoms with E-state index in [4.69, 9.17) is 0 Å². The van der Waals surface area contributed by atoms with Crippen molar-refractivity contribution in [2.24, 2.45) is 0 Å². The summed E-state index contributed by atoms with van der Waals surface area (Å²) in [6, 6.07) is 33.5. The summed E-state index contributed by atoms with van der Waals surface area (Å²) in [4.78, 5) is 0. The molecule has 1 heterocycles. The minimum Gasteiger partial charge on any atom is -0.0622 e. The van der Waals surface area contributed by atoms with Crippen molar-refractivity contribution in [1.29, 1.82) is 0 Å². The molecule has 5 rings (SSSR count). The molecule has 0 saturated heterocycles. The standard InChI is InChI=1S/C26H23P/c1-4-12-20(13-5-1)25-23-18-10-11-19-24(23)26(21-14-6-2-7-15-21)27(25)22-16-8-3-9-17-22/h1-9,12-17H,10-11,18-19H2/p+1. The third-order valence-electron chi connectivity index (χ3n) is 5.76. The minimum atomic E-state index is -0.992. The zero-order valence-electron chi connectivity index (χ0n) is 15.5. The molecule has 3 aromatic rings. The monoisotopic (exact) mass is 367 g/mol. The fraction of sp³-hybridized carbons (Fsp3) is 0.154. The van der Waals surface area contributed by atoms with Crippen LogP contribution in [0.15, 0.2) is 102 Å². The first-order valence-corrected chi connectivity index (χ1v) is 11.4. The van der Waals surface area contributed by atoms with E-state index >= 15 is 0 Å². The molecule has 27 heavy (non-hydrogen) atoms. The Morgan fingerprint density at radius 3 is 1.33 bits per heavy atom. The Bertz CT molecular complexity index is 932. The summed E-state index contributed by atoms with van der Waals surface area (Å²) in [5.74, 6) is 0. The minimum absolute atomic E-state index is 0.992. The highest BCUT2D eigenvalue weighted by molar-refractivity contribution is 7.85. The van der Waals surface area contributed by atoms with Gasteiger partial charge in [-0.1, -0.05) is 78.9 Å². The van der Waals surface area contributed by atoms with Gasteiger partial charge in [-0.25, -0.2) is 0 Å². The van der Waals surface area contributed by atoms with Crippen LogP contribution in [-0.2, 0) is 0 Å². The molecule has 0 unspecified atom stereocenters. The molecule has 0 N–H and O–H groups in total. The SMILES string of the molecule is c1ccc(C2=C3CCCCC3=C(c3ccccc3)[PH+]2c2ccccc2)cc1. The molecule has 0 spiro atoms. The highest BCUT2D eigenvalue weighted by Crippen LogP contribution is 2.69. The lowest BCUT2D eigenvalue weighted by atomic mass is 9.87. The molecule has 1 heteroatoms. The topological polar surface area (TPSA) is 0 Å². The molecule has 132 valence electrons. The molecule has 0 amide bonds. The molecule has 2 aliphatic rings. The Hall–Kier alpha value is -2.43. The highest BCUT2D eigenvalue weighted by atomic mass is 31.1. The molecule has 0 bridgehead atoms. The molecule has 1 aliphatic carbocycles. The number of benzene rings is 3. The van der Waals surface area contributed by atoms with E-state index in [0.717, 1.165) is 0 Å². The molecule has 0 nitrogen and oxygen atoms in total. The molecular weight excluding hydrogens is 343 g/mol. The average molecular weight is 367 g/mol. The summed E-state index contributed by atoms with van der Waals surface area (Å²) in [5.41, 5.74) is 6.17. The fourth-order valence-electron chi connectivity index (χ4n) is 4.62. The smallest absolute Gasteiger partial charge is 0.0622 e. The molecule has 3 aromatic carbocycles. The van der Waals surface area contributed by atoms with Gasteiger partial charge in [-0.15, -0.1) is 0 Å². The van der Waals surface area contributed by atoms with Crippen molar-refractivity contribution in [1.82, 2.24) is 0 Å². The van der Waals surface area contributed by atoms with E-state index in [2.05, 4.69) is 91.0 Å². The second-order valence-corrected chi connectivity index (χ2v) is 9.71. The van der Waals surface area contributed by atoms with Crippen molar-refractivity contribution >= 4 is 23.9 Å². The van der Waals surface area contributed by atoms with Crippen molar-refractivity contribution in [2.75, 3.05) is 0 Å². The number of fused-ring (bicyclic) bond motifs is 1. The van der Waals surface area contributed by atoms with Crippen molar-refractivity contribution in [3.8, 4) is 0 Å². The highest BCUT2D eigenvalue weighted by Gasteiger charge is 2.43. The summed E-state index contributed by atoms with van der Waals surface area (Å²) in [5, 5.41) is 4.79. The van der Waals surface area contributed by atoms with Crippen LogP contribution in [0.1, 0.15) is 36.8 Å². The van der Waals surface area contributed by atoms with E-state index in [0.29, 0.717) is 0 Å². The maximum atomic E-state index is 2.35. The molecule has 0 aromatic heterocycles. The molecule has 1 saturated carbocycles. The first kappa shape index (κ1) is 16.7. The lowest BCUT2D eigenvalue weighted by Crippen LogP contribution is -2.01. The van der Waals surface area contributed by atoms with Crippen molar-refractivity contribution < 1.29 is 0 Å². The lowest BCUT2D eigenvalue weighted by Gasteiger charge is -2.15. The van der Waals surface area contributed by atoms with E-state index in [1.54, 1.807) is 21.8 Å². The van der Waals surface area contributed by atoms with Crippen LogP contribution in [0.4, 0.5) is 0 Å². The van der Waals surface area contributed by atoms with Crippen LogP contribution in [0.25, 0.3) is 10.6 Å². The van der Waals surface area contributed by atoms with E-state index < -0.39 is 7.92 Å². The number of hydrogen-bond donors (Lipinski definition) is 0. The summed E-state index contributed by atoms with van der Waals surface area (Å²) >= 11 is 0. The maximum absolute atomic E-state index is 2.35. The van der Waals surface area contributed by atoms with Crippen molar-refractivity contribution in [3.05, 3.63) is 113 Å².